The Balaban J connectivity index is 2.25. The summed E-state index contributed by atoms with van der Waals surface area (Å²) in [4.78, 5) is 24.9. The Morgan fingerprint density at radius 3 is 2.75 bits per heavy atom. The average Bonchev–Trinajstić information content (AvgIpc) is 2.89. The Labute approximate surface area is 133 Å². The number of rotatable bonds is 4. The molecule has 0 unspecified atom stereocenters. The van der Waals surface area contributed by atoms with Crippen molar-refractivity contribution in [3.05, 3.63) is 55.1 Å². The molecular weight excluding hydrogens is 364 g/mol. The van der Waals surface area contributed by atoms with Crippen LogP contribution in [0.15, 0.2) is 34.8 Å². The van der Waals surface area contributed by atoms with Gasteiger partial charge < -0.3 is 4.74 Å². The Bertz CT molecular complexity index is 666. The SMILES string of the molecule is COC(=O)Cc1ccc(C(=O)c2cc(Cl)ccc2Br)s1. The van der Waals surface area contributed by atoms with Gasteiger partial charge in [0, 0.05) is 19.9 Å². The van der Waals surface area contributed by atoms with E-state index >= 15 is 0 Å². The molecule has 1 aromatic heterocycles. The van der Waals surface area contributed by atoms with Gasteiger partial charge in [-0.25, -0.2) is 0 Å². The summed E-state index contributed by atoms with van der Waals surface area (Å²) in [6.07, 6.45) is 0.172. The lowest BCUT2D eigenvalue weighted by Crippen LogP contribution is -2.02. The molecule has 0 N–H and O–H groups in total. The predicted octanol–water partition coefficient (Wildman–Crippen LogP) is 4.11. The van der Waals surface area contributed by atoms with Crippen LogP contribution in [0.5, 0.6) is 0 Å². The highest BCUT2D eigenvalue weighted by atomic mass is 79.9. The lowest BCUT2D eigenvalue weighted by Gasteiger charge is -2.02. The molecule has 0 atom stereocenters. The molecule has 2 rings (SSSR count). The zero-order chi connectivity index (χ0) is 14.7. The van der Waals surface area contributed by atoms with Gasteiger partial charge in [0.2, 0.25) is 5.78 Å². The summed E-state index contributed by atoms with van der Waals surface area (Å²) in [7, 11) is 1.34. The normalized spacial score (nSPS) is 10.3. The van der Waals surface area contributed by atoms with Crippen molar-refractivity contribution in [3.8, 4) is 0 Å². The maximum atomic E-state index is 12.4. The van der Waals surface area contributed by atoms with E-state index in [1.54, 1.807) is 30.3 Å². The number of hydrogen-bond acceptors (Lipinski definition) is 4. The highest BCUT2D eigenvalue weighted by molar-refractivity contribution is 9.10. The number of hydrogen-bond donors (Lipinski definition) is 0. The highest BCUT2D eigenvalue weighted by Gasteiger charge is 2.16. The first-order valence-electron chi connectivity index (χ1n) is 5.66. The van der Waals surface area contributed by atoms with Crippen LogP contribution in [-0.4, -0.2) is 18.9 Å². The Morgan fingerprint density at radius 2 is 2.05 bits per heavy atom. The van der Waals surface area contributed by atoms with Crippen LogP contribution in [0.2, 0.25) is 5.02 Å². The number of thiophene rings is 1. The second-order valence-electron chi connectivity index (χ2n) is 3.97. The molecule has 0 radical (unpaired) electrons. The number of carbonyl (C=O) groups is 2. The molecular formula is C14H10BrClO3S. The van der Waals surface area contributed by atoms with Crippen molar-refractivity contribution in [2.24, 2.45) is 0 Å². The minimum atomic E-state index is -0.324. The smallest absolute Gasteiger partial charge is 0.310 e. The molecule has 0 bridgehead atoms. The van der Waals surface area contributed by atoms with E-state index < -0.39 is 0 Å². The van der Waals surface area contributed by atoms with Gasteiger partial charge in [0.05, 0.1) is 18.4 Å². The maximum absolute atomic E-state index is 12.4. The van der Waals surface area contributed by atoms with E-state index in [4.69, 9.17) is 11.6 Å². The summed E-state index contributed by atoms with van der Waals surface area (Å²) in [5.74, 6) is -0.449. The molecule has 1 heterocycles. The second kappa shape index (κ2) is 6.52. The van der Waals surface area contributed by atoms with Gasteiger partial charge >= 0.3 is 5.97 Å². The van der Waals surface area contributed by atoms with Crippen LogP contribution in [0, 0.1) is 0 Å². The van der Waals surface area contributed by atoms with Crippen LogP contribution in [0.3, 0.4) is 0 Å². The van der Waals surface area contributed by atoms with Gasteiger partial charge in [-0.3, -0.25) is 9.59 Å². The highest BCUT2D eigenvalue weighted by Crippen LogP contribution is 2.27. The zero-order valence-corrected chi connectivity index (χ0v) is 13.6. The molecule has 3 nitrogen and oxygen atoms in total. The number of carbonyl (C=O) groups excluding carboxylic acids is 2. The molecule has 104 valence electrons. The molecule has 0 saturated carbocycles. The van der Waals surface area contributed by atoms with Crippen molar-refractivity contribution in [1.82, 2.24) is 0 Å². The molecule has 1 aromatic carbocycles. The van der Waals surface area contributed by atoms with Crippen molar-refractivity contribution in [2.45, 2.75) is 6.42 Å². The van der Waals surface area contributed by atoms with E-state index in [9.17, 15) is 9.59 Å². The van der Waals surface area contributed by atoms with E-state index in [1.165, 1.54) is 18.4 Å². The standard InChI is InChI=1S/C14H10BrClO3S/c1-19-13(17)7-9-3-5-12(20-9)14(18)10-6-8(16)2-4-11(10)15/h2-6H,7H2,1H3. The first-order valence-corrected chi connectivity index (χ1v) is 7.65. The van der Waals surface area contributed by atoms with Crippen LogP contribution in [-0.2, 0) is 16.0 Å². The Morgan fingerprint density at radius 1 is 1.30 bits per heavy atom. The first kappa shape index (κ1) is 15.2. The van der Waals surface area contributed by atoms with Crippen molar-refractivity contribution in [3.63, 3.8) is 0 Å². The van der Waals surface area contributed by atoms with Crippen LogP contribution < -0.4 is 0 Å². The molecule has 0 spiro atoms. The fourth-order valence-electron chi connectivity index (χ4n) is 1.61. The molecule has 20 heavy (non-hydrogen) atoms. The fourth-order valence-corrected chi connectivity index (χ4v) is 3.16. The van der Waals surface area contributed by atoms with Crippen molar-refractivity contribution < 1.29 is 14.3 Å². The minimum Gasteiger partial charge on any atom is -0.469 e. The molecule has 2 aromatic rings. The number of ketones is 1. The van der Waals surface area contributed by atoms with Crippen molar-refractivity contribution in [2.75, 3.05) is 7.11 Å². The zero-order valence-electron chi connectivity index (χ0n) is 10.5. The van der Waals surface area contributed by atoms with Crippen LogP contribution in [0.4, 0.5) is 0 Å². The minimum absolute atomic E-state index is 0.125. The molecule has 6 heteroatoms. The summed E-state index contributed by atoms with van der Waals surface area (Å²) in [6, 6.07) is 8.53. The van der Waals surface area contributed by atoms with Gasteiger partial charge in [-0.2, -0.15) is 0 Å². The van der Waals surface area contributed by atoms with Crippen molar-refractivity contribution in [1.29, 1.82) is 0 Å². The van der Waals surface area contributed by atoms with Crippen LogP contribution >= 0.6 is 38.9 Å². The molecule has 0 aliphatic carbocycles. The van der Waals surface area contributed by atoms with Crippen LogP contribution in [0.25, 0.3) is 0 Å². The molecule has 0 saturated heterocycles. The topological polar surface area (TPSA) is 43.4 Å². The number of benzene rings is 1. The molecule has 0 fully saturated rings. The molecule has 0 aliphatic heterocycles. The largest absolute Gasteiger partial charge is 0.469 e. The lowest BCUT2D eigenvalue weighted by atomic mass is 10.1. The second-order valence-corrected chi connectivity index (χ2v) is 6.43. The monoisotopic (exact) mass is 372 g/mol. The number of halogens is 2. The van der Waals surface area contributed by atoms with E-state index in [0.717, 1.165) is 4.88 Å². The third-order valence-electron chi connectivity index (χ3n) is 2.60. The summed E-state index contributed by atoms with van der Waals surface area (Å²) in [5.41, 5.74) is 0.504. The van der Waals surface area contributed by atoms with Gasteiger partial charge in [-0.05, 0) is 30.3 Å². The summed E-state index contributed by atoms with van der Waals surface area (Å²) in [6.45, 7) is 0. The van der Waals surface area contributed by atoms with Gasteiger partial charge in [0.25, 0.3) is 0 Å². The van der Waals surface area contributed by atoms with Gasteiger partial charge in [-0.15, -0.1) is 11.3 Å². The van der Waals surface area contributed by atoms with E-state index in [0.29, 0.717) is 19.9 Å². The number of ether oxygens (including phenoxy) is 1. The summed E-state index contributed by atoms with van der Waals surface area (Å²) in [5, 5.41) is 0.503. The maximum Gasteiger partial charge on any atom is 0.310 e. The quantitative estimate of drug-likeness (QED) is 0.598. The van der Waals surface area contributed by atoms with E-state index in [-0.39, 0.29) is 18.2 Å². The number of esters is 1. The predicted molar refractivity (Wildman–Crippen MR) is 82.6 cm³/mol. The van der Waals surface area contributed by atoms with Crippen LogP contribution in [0.1, 0.15) is 20.1 Å². The summed E-state index contributed by atoms with van der Waals surface area (Å²) < 4.78 is 5.29. The van der Waals surface area contributed by atoms with Gasteiger partial charge in [-0.1, -0.05) is 27.5 Å². The average molecular weight is 374 g/mol. The number of methoxy groups -OCH3 is 1. The third-order valence-corrected chi connectivity index (χ3v) is 4.62. The molecule has 0 aliphatic rings. The van der Waals surface area contributed by atoms with E-state index in [2.05, 4.69) is 20.7 Å². The van der Waals surface area contributed by atoms with Crippen molar-refractivity contribution >= 4 is 50.6 Å². The summed E-state index contributed by atoms with van der Waals surface area (Å²) >= 11 is 10.5. The third kappa shape index (κ3) is 3.48. The van der Waals surface area contributed by atoms with Gasteiger partial charge in [0.1, 0.15) is 0 Å². The lowest BCUT2D eigenvalue weighted by molar-refractivity contribution is -0.139. The Kier molecular flexibility index (Phi) is 4.96. The first-order chi connectivity index (χ1) is 9.51. The fraction of sp³-hybridized carbons (Fsp3) is 0.143. The van der Waals surface area contributed by atoms with E-state index in [1.807, 2.05) is 0 Å². The van der Waals surface area contributed by atoms with Gasteiger partial charge in [0.15, 0.2) is 0 Å². The Hall–Kier alpha value is -1.17. The molecule has 0 amide bonds.